The Bertz CT molecular complexity index is 748. The van der Waals surface area contributed by atoms with Gasteiger partial charge in [-0.3, -0.25) is 4.79 Å². The average Bonchev–Trinajstić information content (AvgIpc) is 3.21. The summed E-state index contributed by atoms with van der Waals surface area (Å²) in [6.07, 6.45) is 6.68. The van der Waals surface area contributed by atoms with Crippen molar-refractivity contribution in [1.82, 2.24) is 5.32 Å². The second kappa shape index (κ2) is 8.49. The van der Waals surface area contributed by atoms with Crippen LogP contribution in [0.3, 0.4) is 0 Å². The minimum Gasteiger partial charge on any atom is -0.478 e. The first-order chi connectivity index (χ1) is 12.6. The van der Waals surface area contributed by atoms with Crippen LogP contribution >= 0.6 is 11.3 Å². The van der Waals surface area contributed by atoms with Crippen molar-refractivity contribution < 1.29 is 14.7 Å². The number of aromatic carboxylic acids is 1. The van der Waals surface area contributed by atoms with Gasteiger partial charge < -0.3 is 10.4 Å². The fourth-order valence-corrected chi connectivity index (χ4v) is 4.86. The minimum atomic E-state index is -0.945. The normalized spacial score (nSPS) is 16.2. The molecule has 2 N–H and O–H groups in total. The van der Waals surface area contributed by atoms with E-state index in [0.29, 0.717) is 24.9 Å². The maximum atomic E-state index is 12.4. The molecule has 0 saturated heterocycles. The van der Waals surface area contributed by atoms with Crippen molar-refractivity contribution in [2.24, 2.45) is 0 Å². The van der Waals surface area contributed by atoms with Crippen LogP contribution in [0.1, 0.15) is 59.3 Å². The summed E-state index contributed by atoms with van der Waals surface area (Å²) in [7, 11) is 0. The van der Waals surface area contributed by atoms with Gasteiger partial charge in [0.1, 0.15) is 0 Å². The molecule has 3 rings (SSSR count). The Morgan fingerprint density at radius 3 is 2.54 bits per heavy atom. The lowest BCUT2D eigenvalue weighted by Gasteiger charge is -2.36. The molecule has 1 aromatic carbocycles. The van der Waals surface area contributed by atoms with E-state index in [4.69, 9.17) is 0 Å². The summed E-state index contributed by atoms with van der Waals surface area (Å²) in [6.45, 7) is 0.674. The van der Waals surface area contributed by atoms with Crippen LogP contribution in [0.15, 0.2) is 41.8 Å². The van der Waals surface area contributed by atoms with Crippen molar-refractivity contribution in [1.29, 1.82) is 0 Å². The summed E-state index contributed by atoms with van der Waals surface area (Å²) in [5, 5.41) is 14.5. The Balaban J connectivity index is 1.59. The van der Waals surface area contributed by atoms with Crippen LogP contribution in [0.5, 0.6) is 0 Å². The van der Waals surface area contributed by atoms with Crippen LogP contribution in [0, 0.1) is 0 Å². The number of benzene rings is 1. The highest BCUT2D eigenvalue weighted by Gasteiger charge is 2.35. The van der Waals surface area contributed by atoms with Crippen molar-refractivity contribution in [2.75, 3.05) is 6.54 Å². The zero-order valence-electron chi connectivity index (χ0n) is 14.9. The third kappa shape index (κ3) is 4.33. The summed E-state index contributed by atoms with van der Waals surface area (Å²) < 4.78 is 0. The van der Waals surface area contributed by atoms with Gasteiger partial charge in [0, 0.05) is 23.3 Å². The smallest absolute Gasteiger partial charge is 0.335 e. The lowest BCUT2D eigenvalue weighted by atomic mass is 9.73. The highest BCUT2D eigenvalue weighted by Crippen LogP contribution is 2.41. The maximum absolute atomic E-state index is 12.4. The number of carbonyl (C=O) groups excluding carboxylic acids is 1. The Labute approximate surface area is 158 Å². The summed E-state index contributed by atoms with van der Waals surface area (Å²) in [5.41, 5.74) is 1.06. The van der Waals surface area contributed by atoms with Gasteiger partial charge in [0.2, 0.25) is 5.91 Å². The molecule has 0 bridgehead atoms. The van der Waals surface area contributed by atoms with E-state index >= 15 is 0 Å². The number of aryl methyl sites for hydroxylation is 1. The van der Waals surface area contributed by atoms with Crippen molar-refractivity contribution >= 4 is 23.2 Å². The second-order valence-corrected chi connectivity index (χ2v) is 8.01. The molecule has 1 aliphatic rings. The Kier molecular flexibility index (Phi) is 6.09. The number of thiophene rings is 1. The van der Waals surface area contributed by atoms with Crippen molar-refractivity contribution in [3.63, 3.8) is 0 Å². The van der Waals surface area contributed by atoms with Crippen LogP contribution in [-0.2, 0) is 16.6 Å². The summed E-state index contributed by atoms with van der Waals surface area (Å²) in [5.74, 6) is -0.952. The maximum Gasteiger partial charge on any atom is 0.335 e. The largest absolute Gasteiger partial charge is 0.478 e. The Morgan fingerprint density at radius 1 is 1.08 bits per heavy atom. The van der Waals surface area contributed by atoms with Gasteiger partial charge in [-0.15, -0.1) is 11.3 Å². The van der Waals surface area contributed by atoms with E-state index < -0.39 is 5.97 Å². The number of hydrogen-bond donors (Lipinski definition) is 2. The molecule has 1 aromatic heterocycles. The number of carboxylic acids is 1. The molecule has 0 aliphatic heterocycles. The summed E-state index contributed by atoms with van der Waals surface area (Å²) in [6, 6.07) is 11.2. The molecule has 26 heavy (non-hydrogen) atoms. The molecule has 1 amide bonds. The fraction of sp³-hybridized carbons (Fsp3) is 0.429. The molecule has 2 aromatic rings. The molecule has 0 spiro atoms. The molecule has 0 radical (unpaired) electrons. The lowest BCUT2D eigenvalue weighted by Crippen LogP contribution is -2.41. The molecular formula is C21H25NO3S. The zero-order chi connectivity index (χ0) is 18.4. The minimum absolute atomic E-state index is 0.00769. The monoisotopic (exact) mass is 371 g/mol. The van der Waals surface area contributed by atoms with E-state index in [-0.39, 0.29) is 16.9 Å². The van der Waals surface area contributed by atoms with Crippen molar-refractivity contribution in [3.8, 4) is 0 Å². The molecule has 4 nitrogen and oxygen atoms in total. The van der Waals surface area contributed by atoms with E-state index in [1.807, 2.05) is 6.07 Å². The van der Waals surface area contributed by atoms with Crippen LogP contribution in [0.2, 0.25) is 0 Å². The van der Waals surface area contributed by atoms with Crippen LogP contribution < -0.4 is 5.32 Å². The van der Waals surface area contributed by atoms with E-state index in [0.717, 1.165) is 12.8 Å². The molecule has 0 unspecified atom stereocenters. The number of nitrogens with one attached hydrogen (secondary N) is 1. The number of amides is 1. The van der Waals surface area contributed by atoms with Gasteiger partial charge in [0.25, 0.3) is 0 Å². The quantitative estimate of drug-likeness (QED) is 0.758. The van der Waals surface area contributed by atoms with E-state index in [1.165, 1.54) is 24.1 Å². The predicted molar refractivity (Wildman–Crippen MR) is 104 cm³/mol. The highest BCUT2D eigenvalue weighted by atomic mass is 32.1. The SMILES string of the molecule is O=C(CCc1ccccc1C(=O)O)NCC1(c2cccs2)CCCCC1. The van der Waals surface area contributed by atoms with E-state index in [1.54, 1.807) is 29.5 Å². The van der Waals surface area contributed by atoms with Crippen molar-refractivity contribution in [3.05, 3.63) is 57.8 Å². The predicted octanol–water partition coefficient (Wildman–Crippen LogP) is 4.40. The molecule has 1 heterocycles. The standard InChI is InChI=1S/C21H25NO3S/c23-19(11-10-16-7-2-3-8-17(16)20(24)25)22-15-21(12-4-1-5-13-21)18-9-6-14-26-18/h2-3,6-9,14H,1,4-5,10-13,15H2,(H,22,23)(H,24,25). The molecule has 138 valence electrons. The second-order valence-electron chi connectivity index (χ2n) is 7.06. The summed E-state index contributed by atoms with van der Waals surface area (Å²) in [4.78, 5) is 25.0. The molecule has 1 fully saturated rings. The average molecular weight is 372 g/mol. The third-order valence-corrected chi connectivity index (χ3v) is 6.46. The number of carboxylic acid groups (broad SMARTS) is 1. The first-order valence-corrected chi connectivity index (χ1v) is 10.1. The lowest BCUT2D eigenvalue weighted by molar-refractivity contribution is -0.121. The third-order valence-electron chi connectivity index (χ3n) is 5.35. The number of rotatable bonds is 7. The van der Waals surface area contributed by atoms with Gasteiger partial charge in [0.15, 0.2) is 0 Å². The highest BCUT2D eigenvalue weighted by molar-refractivity contribution is 7.10. The van der Waals surface area contributed by atoms with Gasteiger partial charge in [-0.1, -0.05) is 43.5 Å². The van der Waals surface area contributed by atoms with Gasteiger partial charge in [-0.05, 0) is 42.3 Å². The fourth-order valence-electron chi connectivity index (χ4n) is 3.87. The van der Waals surface area contributed by atoms with Crippen LogP contribution in [-0.4, -0.2) is 23.5 Å². The molecular weight excluding hydrogens is 346 g/mol. The van der Waals surface area contributed by atoms with Gasteiger partial charge in [-0.2, -0.15) is 0 Å². The van der Waals surface area contributed by atoms with Gasteiger partial charge >= 0.3 is 5.97 Å². The Morgan fingerprint density at radius 2 is 1.85 bits per heavy atom. The first-order valence-electron chi connectivity index (χ1n) is 9.23. The number of carbonyl (C=O) groups is 2. The molecule has 5 heteroatoms. The topological polar surface area (TPSA) is 66.4 Å². The number of hydrogen-bond acceptors (Lipinski definition) is 3. The van der Waals surface area contributed by atoms with Gasteiger partial charge in [0.05, 0.1) is 5.56 Å². The molecule has 1 aliphatic carbocycles. The molecule has 1 saturated carbocycles. The summed E-state index contributed by atoms with van der Waals surface area (Å²) >= 11 is 1.78. The van der Waals surface area contributed by atoms with Crippen molar-refractivity contribution in [2.45, 2.75) is 50.4 Å². The first kappa shape index (κ1) is 18.6. The zero-order valence-corrected chi connectivity index (χ0v) is 15.7. The molecule has 0 atom stereocenters. The van der Waals surface area contributed by atoms with Crippen LogP contribution in [0.4, 0.5) is 0 Å². The van der Waals surface area contributed by atoms with E-state index in [2.05, 4.69) is 22.8 Å². The van der Waals surface area contributed by atoms with Crippen LogP contribution in [0.25, 0.3) is 0 Å². The van der Waals surface area contributed by atoms with E-state index in [9.17, 15) is 14.7 Å². The Hall–Kier alpha value is -2.14. The van der Waals surface area contributed by atoms with Gasteiger partial charge in [-0.25, -0.2) is 4.79 Å².